The van der Waals surface area contributed by atoms with Crippen LogP contribution in [0.2, 0.25) is 5.15 Å². The standard InChI is InChI=1S/C20H27ClN4O2/c1-20(2,3)27-19(26)23-10-6-14-7-11-25(12-8-14)18-15-5-4-9-22-16(15)13-17(21)24-18/h4-5,9,13-14H,6-8,10-12H2,1-3H3,(H,23,26). The van der Waals surface area contributed by atoms with E-state index in [1.165, 1.54) is 0 Å². The van der Waals surface area contributed by atoms with Crippen molar-refractivity contribution in [2.75, 3.05) is 24.5 Å². The number of ether oxygens (including phenoxy) is 1. The molecule has 3 rings (SSSR count). The summed E-state index contributed by atoms with van der Waals surface area (Å²) in [7, 11) is 0. The van der Waals surface area contributed by atoms with Crippen LogP contribution in [0.4, 0.5) is 10.6 Å². The van der Waals surface area contributed by atoms with Gasteiger partial charge in [0.1, 0.15) is 16.6 Å². The molecule has 27 heavy (non-hydrogen) atoms. The highest BCUT2D eigenvalue weighted by Gasteiger charge is 2.22. The molecule has 2 aromatic heterocycles. The predicted octanol–water partition coefficient (Wildman–Crippen LogP) is 4.41. The molecule has 1 amide bonds. The van der Waals surface area contributed by atoms with E-state index in [0.29, 0.717) is 17.6 Å². The minimum Gasteiger partial charge on any atom is -0.444 e. The number of anilines is 1. The highest BCUT2D eigenvalue weighted by atomic mass is 35.5. The van der Waals surface area contributed by atoms with Gasteiger partial charge in [-0.3, -0.25) is 4.98 Å². The first-order valence-corrected chi connectivity index (χ1v) is 9.83. The van der Waals surface area contributed by atoms with Gasteiger partial charge >= 0.3 is 6.09 Å². The summed E-state index contributed by atoms with van der Waals surface area (Å²) < 4.78 is 5.27. The zero-order valence-corrected chi connectivity index (χ0v) is 16.9. The lowest BCUT2D eigenvalue weighted by Gasteiger charge is -2.33. The first-order valence-electron chi connectivity index (χ1n) is 9.45. The second-order valence-corrected chi connectivity index (χ2v) is 8.37. The van der Waals surface area contributed by atoms with Crippen LogP contribution in [0.3, 0.4) is 0 Å². The summed E-state index contributed by atoms with van der Waals surface area (Å²) in [6, 6.07) is 5.77. The predicted molar refractivity (Wildman–Crippen MR) is 108 cm³/mol. The van der Waals surface area contributed by atoms with Gasteiger partial charge in [-0.05, 0) is 58.1 Å². The van der Waals surface area contributed by atoms with Gasteiger partial charge in [0.05, 0.1) is 5.52 Å². The van der Waals surface area contributed by atoms with Gasteiger partial charge in [-0.1, -0.05) is 11.6 Å². The molecule has 0 aliphatic carbocycles. The Morgan fingerprint density at radius 1 is 1.37 bits per heavy atom. The van der Waals surface area contributed by atoms with Crippen molar-refractivity contribution < 1.29 is 9.53 Å². The van der Waals surface area contributed by atoms with Crippen molar-refractivity contribution in [3.63, 3.8) is 0 Å². The average molecular weight is 391 g/mol. The summed E-state index contributed by atoms with van der Waals surface area (Å²) in [5, 5.41) is 4.35. The molecule has 0 saturated carbocycles. The number of halogens is 1. The summed E-state index contributed by atoms with van der Waals surface area (Å²) in [6.45, 7) is 8.09. The fourth-order valence-corrected chi connectivity index (χ4v) is 3.58. The molecule has 0 radical (unpaired) electrons. The number of amides is 1. The molecular weight excluding hydrogens is 364 g/mol. The molecule has 1 aliphatic rings. The number of hydrogen-bond donors (Lipinski definition) is 1. The van der Waals surface area contributed by atoms with Crippen LogP contribution in [0.5, 0.6) is 0 Å². The quantitative estimate of drug-likeness (QED) is 0.783. The van der Waals surface area contributed by atoms with Crippen molar-refractivity contribution in [3.05, 3.63) is 29.5 Å². The molecule has 0 bridgehead atoms. The van der Waals surface area contributed by atoms with Crippen LogP contribution in [-0.4, -0.2) is 41.3 Å². The minimum atomic E-state index is -0.461. The topological polar surface area (TPSA) is 67.3 Å². The van der Waals surface area contributed by atoms with Crippen molar-refractivity contribution in [2.24, 2.45) is 5.92 Å². The van der Waals surface area contributed by atoms with Gasteiger partial charge in [-0.2, -0.15) is 0 Å². The van der Waals surface area contributed by atoms with Gasteiger partial charge in [-0.15, -0.1) is 0 Å². The SMILES string of the molecule is CC(C)(C)OC(=O)NCCC1CCN(c2nc(Cl)cc3ncccc23)CC1. The molecule has 6 nitrogen and oxygen atoms in total. The number of carbonyl (C=O) groups excluding carboxylic acids is 1. The maximum atomic E-state index is 11.7. The van der Waals surface area contributed by atoms with Crippen LogP contribution in [0.1, 0.15) is 40.0 Å². The monoisotopic (exact) mass is 390 g/mol. The molecule has 1 N–H and O–H groups in total. The normalized spacial score (nSPS) is 15.8. The van der Waals surface area contributed by atoms with Crippen LogP contribution < -0.4 is 10.2 Å². The van der Waals surface area contributed by atoms with Gasteiger partial charge in [0.25, 0.3) is 0 Å². The Morgan fingerprint density at radius 3 is 2.81 bits per heavy atom. The molecule has 1 fully saturated rings. The zero-order valence-electron chi connectivity index (χ0n) is 16.2. The average Bonchev–Trinajstić information content (AvgIpc) is 2.60. The van der Waals surface area contributed by atoms with Crippen LogP contribution in [0.25, 0.3) is 10.9 Å². The number of nitrogens with one attached hydrogen (secondary N) is 1. The minimum absolute atomic E-state index is 0.345. The van der Waals surface area contributed by atoms with E-state index in [9.17, 15) is 4.79 Å². The molecule has 0 aromatic carbocycles. The van der Waals surface area contributed by atoms with Crippen LogP contribution in [0, 0.1) is 5.92 Å². The molecule has 1 saturated heterocycles. The van der Waals surface area contributed by atoms with Gasteiger partial charge in [-0.25, -0.2) is 9.78 Å². The van der Waals surface area contributed by atoms with Crippen molar-refractivity contribution in [2.45, 2.75) is 45.6 Å². The molecule has 146 valence electrons. The fourth-order valence-electron chi connectivity index (χ4n) is 3.40. The van der Waals surface area contributed by atoms with Crippen LogP contribution in [-0.2, 0) is 4.74 Å². The first-order chi connectivity index (χ1) is 12.8. The second-order valence-electron chi connectivity index (χ2n) is 7.99. The molecule has 0 unspecified atom stereocenters. The Morgan fingerprint density at radius 2 is 2.11 bits per heavy atom. The van der Waals surface area contributed by atoms with Crippen LogP contribution >= 0.6 is 11.6 Å². The third kappa shape index (κ3) is 5.45. The Bertz CT molecular complexity index is 798. The van der Waals surface area contributed by atoms with E-state index in [0.717, 1.165) is 49.1 Å². The van der Waals surface area contributed by atoms with E-state index < -0.39 is 5.60 Å². The van der Waals surface area contributed by atoms with Crippen molar-refractivity contribution in [1.82, 2.24) is 15.3 Å². The van der Waals surface area contributed by atoms with Gasteiger partial charge in [0.2, 0.25) is 0 Å². The number of piperidine rings is 1. The zero-order chi connectivity index (χ0) is 19.4. The summed E-state index contributed by atoms with van der Waals surface area (Å²) in [6.07, 6.45) is 4.50. The number of carbonyl (C=O) groups is 1. The molecule has 3 heterocycles. The Balaban J connectivity index is 1.52. The van der Waals surface area contributed by atoms with Gasteiger partial charge in [0, 0.05) is 37.3 Å². The number of hydrogen-bond acceptors (Lipinski definition) is 5. The molecule has 0 spiro atoms. The fraction of sp³-hybridized carbons (Fsp3) is 0.550. The first kappa shape index (κ1) is 19.7. The number of alkyl carbamates (subject to hydrolysis) is 1. The van der Waals surface area contributed by atoms with Crippen LogP contribution in [0.15, 0.2) is 24.4 Å². The summed E-state index contributed by atoms with van der Waals surface area (Å²) in [5.41, 5.74) is 0.410. The third-order valence-corrected chi connectivity index (χ3v) is 4.88. The number of pyridine rings is 2. The molecule has 2 aromatic rings. The summed E-state index contributed by atoms with van der Waals surface area (Å²) in [5.74, 6) is 1.50. The number of nitrogens with zero attached hydrogens (tertiary/aromatic N) is 3. The lowest BCUT2D eigenvalue weighted by Crippen LogP contribution is -2.37. The molecule has 0 atom stereocenters. The van der Waals surface area contributed by atoms with E-state index in [4.69, 9.17) is 16.3 Å². The maximum absolute atomic E-state index is 11.7. The lowest BCUT2D eigenvalue weighted by molar-refractivity contribution is 0.0524. The smallest absolute Gasteiger partial charge is 0.407 e. The third-order valence-electron chi connectivity index (χ3n) is 4.68. The van der Waals surface area contributed by atoms with E-state index in [1.54, 1.807) is 12.3 Å². The van der Waals surface area contributed by atoms with Gasteiger partial charge in [0.15, 0.2) is 0 Å². The van der Waals surface area contributed by atoms with Crippen molar-refractivity contribution in [1.29, 1.82) is 0 Å². The van der Waals surface area contributed by atoms with Crippen molar-refractivity contribution in [3.8, 4) is 0 Å². The highest BCUT2D eigenvalue weighted by molar-refractivity contribution is 6.30. The maximum Gasteiger partial charge on any atom is 0.407 e. The lowest BCUT2D eigenvalue weighted by atomic mass is 9.93. The Labute approximate surface area is 165 Å². The van der Waals surface area contributed by atoms with E-state index in [1.807, 2.05) is 32.9 Å². The van der Waals surface area contributed by atoms with Crippen molar-refractivity contribution >= 4 is 34.4 Å². The largest absolute Gasteiger partial charge is 0.444 e. The van der Waals surface area contributed by atoms with E-state index in [2.05, 4.69) is 20.2 Å². The number of aromatic nitrogens is 2. The Hall–Kier alpha value is -2.08. The highest BCUT2D eigenvalue weighted by Crippen LogP contribution is 2.30. The van der Waals surface area contributed by atoms with E-state index >= 15 is 0 Å². The number of fused-ring (bicyclic) bond motifs is 1. The molecular formula is C20H27ClN4O2. The second kappa shape index (κ2) is 8.30. The molecule has 1 aliphatic heterocycles. The Kier molecular flexibility index (Phi) is 6.05. The summed E-state index contributed by atoms with van der Waals surface area (Å²) in [4.78, 5) is 22.9. The molecule has 7 heteroatoms. The van der Waals surface area contributed by atoms with Gasteiger partial charge < -0.3 is 15.0 Å². The summed E-state index contributed by atoms with van der Waals surface area (Å²) >= 11 is 6.19. The van der Waals surface area contributed by atoms with E-state index in [-0.39, 0.29) is 6.09 Å². The number of rotatable bonds is 4.